The molecular formula is C22H28N2O3. The highest BCUT2D eigenvalue weighted by molar-refractivity contribution is 6.04. The predicted octanol–water partition coefficient (Wildman–Crippen LogP) is 5.25. The van der Waals surface area contributed by atoms with Gasteiger partial charge in [0.05, 0.1) is 6.61 Å². The first-order chi connectivity index (χ1) is 13.1. The Kier molecular flexibility index (Phi) is 8.36. The highest BCUT2D eigenvalue weighted by Crippen LogP contribution is 2.18. The van der Waals surface area contributed by atoms with Crippen molar-refractivity contribution in [1.29, 1.82) is 0 Å². The third-order valence-corrected chi connectivity index (χ3v) is 4.07. The van der Waals surface area contributed by atoms with E-state index in [1.165, 1.54) is 32.6 Å². The number of carbonyl (C=O) groups is 2. The molecule has 0 aliphatic carbocycles. The van der Waals surface area contributed by atoms with Crippen LogP contribution >= 0.6 is 0 Å². The van der Waals surface area contributed by atoms with Crippen LogP contribution in [-0.2, 0) is 4.79 Å². The van der Waals surface area contributed by atoms with Gasteiger partial charge in [-0.1, -0.05) is 38.7 Å². The van der Waals surface area contributed by atoms with Crippen molar-refractivity contribution in [1.82, 2.24) is 0 Å². The molecule has 0 spiro atoms. The summed E-state index contributed by atoms with van der Waals surface area (Å²) in [5.74, 6) is 0.412. The van der Waals surface area contributed by atoms with Gasteiger partial charge in [-0.15, -0.1) is 0 Å². The zero-order valence-corrected chi connectivity index (χ0v) is 16.1. The molecule has 2 aromatic carbocycles. The summed E-state index contributed by atoms with van der Waals surface area (Å²) in [5.41, 5.74) is 1.82. The molecule has 2 aromatic rings. The van der Waals surface area contributed by atoms with E-state index < -0.39 is 0 Å². The summed E-state index contributed by atoms with van der Waals surface area (Å²) in [6, 6.07) is 14.2. The zero-order chi connectivity index (χ0) is 19.5. The van der Waals surface area contributed by atoms with Gasteiger partial charge in [0.2, 0.25) is 5.91 Å². The maximum absolute atomic E-state index is 12.4. The second-order valence-corrected chi connectivity index (χ2v) is 6.50. The molecule has 5 nitrogen and oxygen atoms in total. The van der Waals surface area contributed by atoms with Crippen LogP contribution in [0.25, 0.3) is 0 Å². The first kappa shape index (κ1) is 20.5. The van der Waals surface area contributed by atoms with Crippen LogP contribution < -0.4 is 15.4 Å². The van der Waals surface area contributed by atoms with E-state index in [1.54, 1.807) is 36.4 Å². The maximum atomic E-state index is 12.4. The number of amides is 2. The fourth-order valence-electron chi connectivity index (χ4n) is 2.68. The van der Waals surface area contributed by atoms with Crippen molar-refractivity contribution in [2.45, 2.75) is 46.0 Å². The highest BCUT2D eigenvalue weighted by atomic mass is 16.5. The lowest BCUT2D eigenvalue weighted by molar-refractivity contribution is -0.114. The smallest absolute Gasteiger partial charge is 0.255 e. The SMILES string of the molecule is CCCCCCCOc1ccc(C(=O)Nc2cccc(NC(C)=O)c2)cc1. The van der Waals surface area contributed by atoms with Gasteiger partial charge in [-0.2, -0.15) is 0 Å². The number of carbonyl (C=O) groups excluding carboxylic acids is 2. The summed E-state index contributed by atoms with van der Waals surface area (Å²) in [7, 11) is 0. The van der Waals surface area contributed by atoms with E-state index in [-0.39, 0.29) is 11.8 Å². The molecule has 0 aliphatic heterocycles. The minimum atomic E-state index is -0.207. The number of rotatable bonds is 10. The number of nitrogens with one attached hydrogen (secondary N) is 2. The van der Waals surface area contributed by atoms with Crippen molar-refractivity contribution in [3.05, 3.63) is 54.1 Å². The molecule has 0 aliphatic rings. The minimum absolute atomic E-state index is 0.153. The standard InChI is InChI=1S/C22H28N2O3/c1-3-4-5-6-7-15-27-21-13-11-18(12-14-21)22(26)24-20-10-8-9-19(16-20)23-17(2)25/h8-14,16H,3-7,15H2,1-2H3,(H,23,25)(H,24,26). The first-order valence-electron chi connectivity index (χ1n) is 9.50. The second-order valence-electron chi connectivity index (χ2n) is 6.50. The Balaban J connectivity index is 1.84. The van der Waals surface area contributed by atoms with E-state index in [1.807, 2.05) is 12.1 Å². The number of unbranched alkanes of at least 4 members (excludes halogenated alkanes) is 4. The monoisotopic (exact) mass is 368 g/mol. The predicted molar refractivity (Wildman–Crippen MR) is 109 cm³/mol. The van der Waals surface area contributed by atoms with Gasteiger partial charge in [0.15, 0.2) is 0 Å². The number of benzene rings is 2. The van der Waals surface area contributed by atoms with Crippen LogP contribution in [0.5, 0.6) is 5.75 Å². The normalized spacial score (nSPS) is 10.3. The Hall–Kier alpha value is -2.82. The van der Waals surface area contributed by atoms with E-state index in [4.69, 9.17) is 4.74 Å². The summed E-state index contributed by atoms with van der Waals surface area (Å²) in [6.45, 7) is 4.35. The van der Waals surface area contributed by atoms with Crippen molar-refractivity contribution in [3.63, 3.8) is 0 Å². The van der Waals surface area contributed by atoms with E-state index in [9.17, 15) is 9.59 Å². The molecule has 0 bridgehead atoms. The quantitative estimate of drug-likeness (QED) is 0.563. The number of hydrogen-bond donors (Lipinski definition) is 2. The lowest BCUT2D eigenvalue weighted by Gasteiger charge is -2.09. The average molecular weight is 368 g/mol. The Labute approximate surface area is 161 Å². The van der Waals surface area contributed by atoms with Crippen LogP contribution in [0.1, 0.15) is 56.3 Å². The largest absolute Gasteiger partial charge is 0.494 e. The first-order valence-corrected chi connectivity index (χ1v) is 9.50. The summed E-state index contributed by atoms with van der Waals surface area (Å²) in [6.07, 6.45) is 6.00. The molecule has 0 fully saturated rings. The van der Waals surface area contributed by atoms with Crippen LogP contribution in [0.4, 0.5) is 11.4 Å². The van der Waals surface area contributed by atoms with E-state index in [0.717, 1.165) is 12.2 Å². The minimum Gasteiger partial charge on any atom is -0.494 e. The van der Waals surface area contributed by atoms with E-state index >= 15 is 0 Å². The molecule has 0 aromatic heterocycles. The van der Waals surface area contributed by atoms with Crippen molar-refractivity contribution < 1.29 is 14.3 Å². The number of ether oxygens (including phenoxy) is 1. The van der Waals surface area contributed by atoms with Crippen LogP contribution in [0.2, 0.25) is 0 Å². The van der Waals surface area contributed by atoms with Gasteiger partial charge in [-0.05, 0) is 48.9 Å². The van der Waals surface area contributed by atoms with Crippen LogP contribution in [0.15, 0.2) is 48.5 Å². The van der Waals surface area contributed by atoms with E-state index in [0.29, 0.717) is 23.5 Å². The van der Waals surface area contributed by atoms with E-state index in [2.05, 4.69) is 17.6 Å². The third-order valence-electron chi connectivity index (χ3n) is 4.07. The average Bonchev–Trinajstić information content (AvgIpc) is 2.65. The molecule has 144 valence electrons. The molecule has 2 rings (SSSR count). The Morgan fingerprint density at radius 3 is 2.22 bits per heavy atom. The molecule has 0 unspecified atom stereocenters. The van der Waals surface area contributed by atoms with Crippen LogP contribution in [0, 0.1) is 0 Å². The maximum Gasteiger partial charge on any atom is 0.255 e. The van der Waals surface area contributed by atoms with Gasteiger partial charge < -0.3 is 15.4 Å². The van der Waals surface area contributed by atoms with Gasteiger partial charge in [0, 0.05) is 23.9 Å². The molecule has 27 heavy (non-hydrogen) atoms. The Bertz CT molecular complexity index is 741. The molecule has 2 N–H and O–H groups in total. The summed E-state index contributed by atoms with van der Waals surface area (Å²) < 4.78 is 5.72. The Morgan fingerprint density at radius 1 is 0.889 bits per heavy atom. The second kappa shape index (κ2) is 11.0. The number of anilines is 2. The molecule has 0 saturated heterocycles. The third kappa shape index (κ3) is 7.52. The molecule has 5 heteroatoms. The van der Waals surface area contributed by atoms with Gasteiger partial charge in [0.25, 0.3) is 5.91 Å². The topological polar surface area (TPSA) is 67.4 Å². The molecule has 0 radical (unpaired) electrons. The van der Waals surface area contributed by atoms with Crippen LogP contribution in [0.3, 0.4) is 0 Å². The lowest BCUT2D eigenvalue weighted by Crippen LogP contribution is -2.12. The summed E-state index contributed by atoms with van der Waals surface area (Å²) in [4.78, 5) is 23.5. The van der Waals surface area contributed by atoms with Crippen molar-refractivity contribution in [3.8, 4) is 5.75 Å². The van der Waals surface area contributed by atoms with Crippen molar-refractivity contribution in [2.24, 2.45) is 0 Å². The fraction of sp³-hybridized carbons (Fsp3) is 0.364. The molecule has 0 atom stereocenters. The lowest BCUT2D eigenvalue weighted by atomic mass is 10.1. The van der Waals surface area contributed by atoms with Gasteiger partial charge in [0.1, 0.15) is 5.75 Å². The molecular weight excluding hydrogens is 340 g/mol. The van der Waals surface area contributed by atoms with Gasteiger partial charge in [-0.25, -0.2) is 0 Å². The number of hydrogen-bond acceptors (Lipinski definition) is 3. The molecule has 0 heterocycles. The van der Waals surface area contributed by atoms with Gasteiger partial charge in [-0.3, -0.25) is 9.59 Å². The zero-order valence-electron chi connectivity index (χ0n) is 16.1. The summed E-state index contributed by atoms with van der Waals surface area (Å²) >= 11 is 0. The Morgan fingerprint density at radius 2 is 1.56 bits per heavy atom. The fourth-order valence-corrected chi connectivity index (χ4v) is 2.68. The van der Waals surface area contributed by atoms with Gasteiger partial charge >= 0.3 is 0 Å². The van der Waals surface area contributed by atoms with Crippen molar-refractivity contribution >= 4 is 23.2 Å². The van der Waals surface area contributed by atoms with Crippen LogP contribution in [-0.4, -0.2) is 18.4 Å². The summed E-state index contributed by atoms with van der Waals surface area (Å²) in [5, 5.41) is 5.53. The van der Waals surface area contributed by atoms with Crippen molar-refractivity contribution in [2.75, 3.05) is 17.2 Å². The molecule has 0 saturated carbocycles. The molecule has 2 amide bonds. The highest BCUT2D eigenvalue weighted by Gasteiger charge is 2.07.